The molecule has 1 saturated heterocycles. The molecule has 9 nitrogen and oxygen atoms in total. The highest BCUT2D eigenvalue weighted by Crippen LogP contribution is 2.83. The number of nitrogens with two attached hydrogens (primary N) is 1. The van der Waals surface area contributed by atoms with Gasteiger partial charge in [-0.2, -0.15) is 10.5 Å². The second kappa shape index (κ2) is 5.74. The molecule has 2 aliphatic heterocycles. The van der Waals surface area contributed by atoms with Crippen LogP contribution in [0.15, 0.2) is 17.1 Å². The van der Waals surface area contributed by atoms with Crippen LogP contribution in [0.3, 0.4) is 0 Å². The Bertz CT molecular complexity index is 966. The van der Waals surface area contributed by atoms with Gasteiger partial charge in [-0.25, -0.2) is 4.99 Å². The second-order valence-corrected chi connectivity index (χ2v) is 7.01. The molecule has 0 radical (unpaired) electrons. The maximum atomic E-state index is 10.2. The van der Waals surface area contributed by atoms with E-state index in [0.717, 1.165) is 0 Å². The molecule has 0 amide bonds. The van der Waals surface area contributed by atoms with Crippen LogP contribution in [0.4, 0.5) is 0 Å². The van der Waals surface area contributed by atoms with E-state index in [1.54, 1.807) is 12.1 Å². The number of methoxy groups -OCH3 is 3. The fourth-order valence-electron chi connectivity index (χ4n) is 4.68. The number of hydrogen-bond acceptors (Lipinski definition) is 9. The number of hydrogen-bond donors (Lipinski definition) is 1. The molecular formula is C19H20N4O5. The Morgan fingerprint density at radius 1 is 1.14 bits per heavy atom. The lowest BCUT2D eigenvalue weighted by Crippen LogP contribution is -2.39. The van der Waals surface area contributed by atoms with Crippen LogP contribution in [0.2, 0.25) is 0 Å². The third-order valence-electron chi connectivity index (χ3n) is 5.85. The van der Waals surface area contributed by atoms with E-state index in [0.29, 0.717) is 22.8 Å². The molecule has 9 heteroatoms. The summed E-state index contributed by atoms with van der Waals surface area (Å²) < 4.78 is 28.1. The molecule has 28 heavy (non-hydrogen) atoms. The topological polar surface area (TPSA) is 132 Å². The van der Waals surface area contributed by atoms with Crippen LogP contribution in [0, 0.1) is 33.5 Å². The van der Waals surface area contributed by atoms with Gasteiger partial charge in [0, 0.05) is 11.5 Å². The summed E-state index contributed by atoms with van der Waals surface area (Å²) in [6.07, 6.45) is -0.287. The van der Waals surface area contributed by atoms with E-state index < -0.39 is 22.7 Å². The van der Waals surface area contributed by atoms with E-state index in [1.807, 2.05) is 6.92 Å². The highest BCUT2D eigenvalue weighted by atomic mass is 16.8. The van der Waals surface area contributed by atoms with Crippen molar-refractivity contribution in [1.29, 1.82) is 10.5 Å². The van der Waals surface area contributed by atoms with Gasteiger partial charge in [0.05, 0.1) is 46.2 Å². The first-order chi connectivity index (χ1) is 13.4. The normalized spacial score (nSPS) is 37.6. The number of amidine groups is 1. The van der Waals surface area contributed by atoms with Gasteiger partial charge >= 0.3 is 0 Å². The quantitative estimate of drug-likeness (QED) is 0.821. The first-order valence-electron chi connectivity index (χ1n) is 8.72. The van der Waals surface area contributed by atoms with Crippen LogP contribution in [0.5, 0.6) is 17.2 Å². The fourth-order valence-corrected chi connectivity index (χ4v) is 4.68. The summed E-state index contributed by atoms with van der Waals surface area (Å²) in [5.41, 5.74) is 3.94. The molecule has 5 atom stereocenters. The minimum absolute atomic E-state index is 0.0208. The SMILES string of the molecule is COc1ccc(C2C3(C#N)C(N)=NC4(OCC(C)O4)C23C#N)c(OC)c1OC. The number of fused-ring (bicyclic) bond motifs is 2. The molecule has 1 aromatic carbocycles. The average Bonchev–Trinajstić information content (AvgIpc) is 3.09. The summed E-state index contributed by atoms with van der Waals surface area (Å²) in [7, 11) is 4.48. The molecule has 2 heterocycles. The Labute approximate surface area is 162 Å². The van der Waals surface area contributed by atoms with Crippen LogP contribution in [0.25, 0.3) is 0 Å². The molecule has 1 saturated carbocycles. The zero-order chi connectivity index (χ0) is 20.3. The maximum Gasteiger partial charge on any atom is 0.293 e. The Morgan fingerprint density at radius 2 is 1.86 bits per heavy atom. The standard InChI is InChI=1S/C19H20N4O5/c1-10-7-27-19(28-10)18(9-21)15(17(18,8-20)16(22)23-19)11-5-6-12(24-2)14(26-4)13(11)25-3/h5-6,10,15H,7H2,1-4H3,(H2,22,23). The molecule has 1 spiro atoms. The second-order valence-electron chi connectivity index (χ2n) is 7.01. The fraction of sp³-hybridized carbons (Fsp3) is 0.526. The van der Waals surface area contributed by atoms with Gasteiger partial charge in [-0.15, -0.1) is 0 Å². The van der Waals surface area contributed by atoms with E-state index in [1.165, 1.54) is 21.3 Å². The lowest BCUT2D eigenvalue weighted by Gasteiger charge is -2.27. The molecule has 3 aliphatic rings. The Morgan fingerprint density at radius 3 is 2.36 bits per heavy atom. The smallest absolute Gasteiger partial charge is 0.293 e. The first-order valence-corrected chi connectivity index (χ1v) is 8.72. The summed E-state index contributed by atoms with van der Waals surface area (Å²) in [6.45, 7) is 2.06. The number of ether oxygens (including phenoxy) is 5. The lowest BCUT2D eigenvalue weighted by molar-refractivity contribution is -0.193. The van der Waals surface area contributed by atoms with E-state index in [-0.39, 0.29) is 18.5 Å². The van der Waals surface area contributed by atoms with Crippen molar-refractivity contribution in [2.24, 2.45) is 21.6 Å². The van der Waals surface area contributed by atoms with E-state index in [4.69, 9.17) is 29.4 Å². The Kier molecular flexibility index (Phi) is 3.76. The average molecular weight is 384 g/mol. The highest BCUT2D eigenvalue weighted by Gasteiger charge is 2.94. The zero-order valence-electron chi connectivity index (χ0n) is 16.0. The van der Waals surface area contributed by atoms with Crippen molar-refractivity contribution in [3.8, 4) is 29.4 Å². The van der Waals surface area contributed by atoms with Gasteiger partial charge in [-0.3, -0.25) is 0 Å². The van der Waals surface area contributed by atoms with Gasteiger partial charge in [0.2, 0.25) is 5.75 Å². The molecular weight excluding hydrogens is 364 g/mol. The number of aliphatic imine (C=N–C) groups is 1. The summed E-state index contributed by atoms with van der Waals surface area (Å²) >= 11 is 0. The van der Waals surface area contributed by atoms with Crippen LogP contribution in [-0.2, 0) is 9.47 Å². The predicted molar refractivity (Wildman–Crippen MR) is 95.8 cm³/mol. The molecule has 1 aromatic rings. The number of nitriles is 2. The minimum Gasteiger partial charge on any atom is -0.493 e. The third-order valence-corrected chi connectivity index (χ3v) is 5.85. The molecule has 2 fully saturated rings. The highest BCUT2D eigenvalue weighted by molar-refractivity contribution is 6.00. The van der Waals surface area contributed by atoms with Crippen LogP contribution in [0.1, 0.15) is 18.4 Å². The summed E-state index contributed by atoms with van der Waals surface area (Å²) in [6, 6.07) is 7.91. The molecule has 0 aromatic heterocycles. The van der Waals surface area contributed by atoms with Crippen LogP contribution < -0.4 is 19.9 Å². The van der Waals surface area contributed by atoms with Gasteiger partial charge in [-0.05, 0) is 13.0 Å². The van der Waals surface area contributed by atoms with Crippen molar-refractivity contribution >= 4 is 5.84 Å². The Hall–Kier alpha value is -3.01. The molecule has 5 unspecified atom stereocenters. The van der Waals surface area contributed by atoms with Gasteiger partial charge in [0.1, 0.15) is 11.3 Å². The van der Waals surface area contributed by atoms with E-state index in [2.05, 4.69) is 17.1 Å². The largest absolute Gasteiger partial charge is 0.493 e. The molecule has 4 rings (SSSR count). The van der Waals surface area contributed by atoms with Crippen molar-refractivity contribution in [1.82, 2.24) is 0 Å². The Balaban J connectivity index is 1.95. The van der Waals surface area contributed by atoms with Crippen molar-refractivity contribution < 1.29 is 23.7 Å². The predicted octanol–water partition coefficient (Wildman–Crippen LogP) is 1.29. The van der Waals surface area contributed by atoms with Crippen LogP contribution >= 0.6 is 0 Å². The van der Waals surface area contributed by atoms with Crippen molar-refractivity contribution in [2.75, 3.05) is 27.9 Å². The summed E-state index contributed by atoms with van der Waals surface area (Å²) in [4.78, 5) is 4.30. The van der Waals surface area contributed by atoms with E-state index in [9.17, 15) is 10.5 Å². The molecule has 0 bridgehead atoms. The monoisotopic (exact) mass is 384 g/mol. The maximum absolute atomic E-state index is 10.2. The van der Waals surface area contributed by atoms with Gasteiger partial charge in [-0.1, -0.05) is 6.07 Å². The van der Waals surface area contributed by atoms with Gasteiger partial charge in [0.15, 0.2) is 16.9 Å². The summed E-state index contributed by atoms with van der Waals surface area (Å²) in [5, 5.41) is 20.3. The number of nitrogens with zero attached hydrogens (tertiary/aromatic N) is 3. The van der Waals surface area contributed by atoms with Crippen molar-refractivity contribution in [3.05, 3.63) is 17.7 Å². The number of benzene rings is 1. The van der Waals surface area contributed by atoms with Crippen molar-refractivity contribution in [3.63, 3.8) is 0 Å². The first kappa shape index (κ1) is 18.4. The van der Waals surface area contributed by atoms with Crippen molar-refractivity contribution in [2.45, 2.75) is 24.9 Å². The zero-order valence-corrected chi connectivity index (χ0v) is 16.0. The number of rotatable bonds is 4. The molecule has 146 valence electrons. The van der Waals surface area contributed by atoms with Gasteiger partial charge in [0.25, 0.3) is 5.91 Å². The third kappa shape index (κ3) is 1.74. The molecule has 2 N–H and O–H groups in total. The molecule has 1 aliphatic carbocycles. The summed E-state index contributed by atoms with van der Waals surface area (Å²) in [5.74, 6) is -1.09. The lowest BCUT2D eigenvalue weighted by atomic mass is 9.93. The van der Waals surface area contributed by atoms with Gasteiger partial charge < -0.3 is 29.4 Å². The van der Waals surface area contributed by atoms with E-state index >= 15 is 0 Å². The minimum atomic E-state index is -1.62. The van der Waals surface area contributed by atoms with Crippen LogP contribution in [-0.4, -0.2) is 45.8 Å².